The number of rotatable bonds is 0. The van der Waals surface area contributed by atoms with Gasteiger partial charge < -0.3 is 6.22 Å². The first kappa shape index (κ1) is 19.1. The second-order valence-corrected chi connectivity index (χ2v) is 0. The van der Waals surface area contributed by atoms with Crippen molar-refractivity contribution in [1.82, 2.24) is 0 Å². The van der Waals surface area contributed by atoms with Crippen molar-refractivity contribution in [3.05, 3.63) is 0 Å². The molecule has 4 heavy (non-hydrogen) atoms. The number of hydrogen-bond acceptors (Lipinski definition) is 1. The van der Waals surface area contributed by atoms with Crippen LogP contribution < -0.4 is 29.6 Å². The Balaban J connectivity index is -0.00000000167. The molecule has 0 spiro atoms. The molecular formula is CH3CoNaO. The van der Waals surface area contributed by atoms with E-state index in [0.29, 0.717) is 0 Å². The van der Waals surface area contributed by atoms with Gasteiger partial charge in [-0.2, -0.15) is 0 Å². The van der Waals surface area contributed by atoms with E-state index < -0.39 is 0 Å². The SMILES string of the molecule is C=O.[Co].[H-].[Na+]. The Labute approximate surface area is 59.1 Å². The third kappa shape index (κ3) is 10.9. The maximum absolute atomic E-state index is 8.00. The van der Waals surface area contributed by atoms with Crippen LogP contribution >= 0.6 is 0 Å². The van der Waals surface area contributed by atoms with Crippen molar-refractivity contribution in [3.63, 3.8) is 0 Å². The molecule has 23 valence electrons. The van der Waals surface area contributed by atoms with Gasteiger partial charge in [0.15, 0.2) is 0 Å². The van der Waals surface area contributed by atoms with E-state index in [9.17, 15) is 0 Å². The largest absolute Gasteiger partial charge is 1.00 e. The van der Waals surface area contributed by atoms with Gasteiger partial charge in [0.2, 0.25) is 0 Å². The molecular weight excluding hydrogens is 110 g/mol. The molecule has 0 saturated heterocycles. The summed E-state index contributed by atoms with van der Waals surface area (Å²) in [4.78, 5) is 8.00. The van der Waals surface area contributed by atoms with E-state index in [-0.39, 0.29) is 47.8 Å². The van der Waals surface area contributed by atoms with Crippen LogP contribution in [0.25, 0.3) is 0 Å². The van der Waals surface area contributed by atoms with Crippen molar-refractivity contribution >= 4 is 6.79 Å². The van der Waals surface area contributed by atoms with Crippen LogP contribution in [0.2, 0.25) is 0 Å². The number of carbonyl (C=O) groups is 1. The summed E-state index contributed by atoms with van der Waals surface area (Å²) in [5.74, 6) is 0. The molecule has 1 nitrogen and oxygen atoms in total. The molecule has 0 aliphatic rings. The molecule has 0 rings (SSSR count). The minimum Gasteiger partial charge on any atom is -1.00 e. The fourth-order valence-electron chi connectivity index (χ4n) is 0. The molecule has 0 heterocycles. The molecule has 0 unspecified atom stereocenters. The maximum Gasteiger partial charge on any atom is 1.00 e. The van der Waals surface area contributed by atoms with Crippen LogP contribution in [0.15, 0.2) is 0 Å². The average Bonchev–Trinajstić information content (AvgIpc) is 1.00. The van der Waals surface area contributed by atoms with Crippen molar-refractivity contribution in [2.24, 2.45) is 0 Å². The smallest absolute Gasteiger partial charge is 1.00 e. The molecule has 0 aromatic carbocycles. The van der Waals surface area contributed by atoms with Crippen molar-refractivity contribution in [2.75, 3.05) is 0 Å². The Morgan fingerprint density at radius 2 is 1.50 bits per heavy atom. The van der Waals surface area contributed by atoms with Gasteiger partial charge >= 0.3 is 29.6 Å². The second kappa shape index (κ2) is 30.4. The molecule has 0 aliphatic carbocycles. The fourth-order valence-corrected chi connectivity index (χ4v) is 0. The topological polar surface area (TPSA) is 17.1 Å². The standard InChI is InChI=1S/CH2O.Co.Na.H/c1-2;;;/h1H2;;;/q;;+1;-1. The van der Waals surface area contributed by atoms with Crippen LogP contribution in [0.1, 0.15) is 1.43 Å². The molecule has 0 N–H and O–H groups in total. The summed E-state index contributed by atoms with van der Waals surface area (Å²) in [6.07, 6.45) is 0. The Morgan fingerprint density at radius 1 is 1.50 bits per heavy atom. The van der Waals surface area contributed by atoms with Gasteiger partial charge in [0, 0.05) is 16.8 Å². The van der Waals surface area contributed by atoms with Crippen molar-refractivity contribution in [2.45, 2.75) is 0 Å². The predicted molar refractivity (Wildman–Crippen MR) is 8.23 cm³/mol. The van der Waals surface area contributed by atoms with Gasteiger partial charge in [-0.15, -0.1) is 0 Å². The summed E-state index contributed by atoms with van der Waals surface area (Å²) in [6.45, 7) is 2.00. The molecule has 0 aromatic heterocycles. The van der Waals surface area contributed by atoms with Gasteiger partial charge in [0.1, 0.15) is 6.79 Å². The van der Waals surface area contributed by atoms with E-state index in [4.69, 9.17) is 4.79 Å². The molecule has 0 fully saturated rings. The van der Waals surface area contributed by atoms with Crippen LogP contribution in [-0.4, -0.2) is 6.79 Å². The van der Waals surface area contributed by atoms with Crippen molar-refractivity contribution in [3.8, 4) is 0 Å². The first-order valence-electron chi connectivity index (χ1n) is 0.289. The van der Waals surface area contributed by atoms with E-state index >= 15 is 0 Å². The first-order chi connectivity index (χ1) is 1.00. The summed E-state index contributed by atoms with van der Waals surface area (Å²) in [5, 5.41) is 0. The Hall–Kier alpha value is 1.18. The average molecular weight is 113 g/mol. The number of carbonyl (C=O) groups excluding carboxylic acids is 1. The van der Waals surface area contributed by atoms with Crippen LogP contribution in [0.5, 0.6) is 0 Å². The molecule has 0 bridgehead atoms. The quantitative estimate of drug-likeness (QED) is 0.304. The summed E-state index contributed by atoms with van der Waals surface area (Å²) in [6, 6.07) is 0. The fraction of sp³-hybridized carbons (Fsp3) is 0. The van der Waals surface area contributed by atoms with Gasteiger partial charge in [-0.1, -0.05) is 0 Å². The van der Waals surface area contributed by atoms with E-state index in [2.05, 4.69) is 0 Å². The Bertz CT molecular complexity index is 11.6. The molecule has 1 radical (unpaired) electrons. The van der Waals surface area contributed by atoms with Crippen molar-refractivity contribution < 1.29 is 52.6 Å². The summed E-state index contributed by atoms with van der Waals surface area (Å²) < 4.78 is 0. The van der Waals surface area contributed by atoms with Crippen LogP contribution in [0.3, 0.4) is 0 Å². The zero-order valence-electron chi connectivity index (χ0n) is 3.45. The van der Waals surface area contributed by atoms with E-state index in [0.717, 1.165) is 0 Å². The Kier molecular flexibility index (Phi) is 145. The van der Waals surface area contributed by atoms with Gasteiger partial charge in [-0.25, -0.2) is 0 Å². The van der Waals surface area contributed by atoms with E-state index in [1.807, 2.05) is 6.79 Å². The van der Waals surface area contributed by atoms with Crippen LogP contribution in [-0.2, 0) is 21.6 Å². The van der Waals surface area contributed by atoms with Gasteiger partial charge in [0.25, 0.3) is 0 Å². The van der Waals surface area contributed by atoms with Crippen LogP contribution in [0.4, 0.5) is 0 Å². The second-order valence-electron chi connectivity index (χ2n) is 0. The zero-order chi connectivity index (χ0) is 2.00. The molecule has 0 atom stereocenters. The number of hydrogen-bond donors (Lipinski definition) is 0. The molecule has 0 aromatic rings. The third-order valence-electron chi connectivity index (χ3n) is 0. The van der Waals surface area contributed by atoms with Crippen molar-refractivity contribution in [1.29, 1.82) is 0 Å². The zero-order valence-corrected chi connectivity index (χ0v) is 5.49. The van der Waals surface area contributed by atoms with Gasteiger partial charge in [0.05, 0.1) is 0 Å². The van der Waals surface area contributed by atoms with E-state index in [1.165, 1.54) is 0 Å². The molecule has 0 saturated carbocycles. The maximum atomic E-state index is 8.00. The normalized spacial score (nSPS) is 1.00. The molecule has 3 heteroatoms. The Morgan fingerprint density at radius 3 is 1.50 bits per heavy atom. The summed E-state index contributed by atoms with van der Waals surface area (Å²) in [7, 11) is 0. The monoisotopic (exact) mass is 113 g/mol. The minimum atomic E-state index is 0. The van der Waals surface area contributed by atoms with Gasteiger partial charge in [-0.05, 0) is 0 Å². The molecule has 0 amide bonds. The predicted octanol–water partition coefficient (Wildman–Crippen LogP) is -3.07. The minimum absolute atomic E-state index is 0. The van der Waals surface area contributed by atoms with Gasteiger partial charge in [-0.3, -0.25) is 0 Å². The van der Waals surface area contributed by atoms with Crippen LogP contribution in [0, 0.1) is 0 Å². The summed E-state index contributed by atoms with van der Waals surface area (Å²) >= 11 is 0. The third-order valence-corrected chi connectivity index (χ3v) is 0. The summed E-state index contributed by atoms with van der Waals surface area (Å²) in [5.41, 5.74) is 0. The first-order valence-corrected chi connectivity index (χ1v) is 0.289. The molecule has 0 aliphatic heterocycles. The van der Waals surface area contributed by atoms with E-state index in [1.54, 1.807) is 0 Å².